The molecule has 0 bridgehead atoms. The fourth-order valence-corrected chi connectivity index (χ4v) is 1.25. The van der Waals surface area contributed by atoms with E-state index in [1.54, 1.807) is 0 Å². The molecule has 0 aliphatic heterocycles. The quantitative estimate of drug-likeness (QED) is 0.488. The van der Waals surface area contributed by atoms with Gasteiger partial charge < -0.3 is 4.23 Å². The number of aryl methyl sites for hydroxylation is 1. The van der Waals surface area contributed by atoms with Crippen molar-refractivity contribution in [2.75, 3.05) is 4.23 Å². The molecular formula is C6H12N2Si2. The first-order chi connectivity index (χ1) is 4.70. The average molecular weight is 168 g/mol. The van der Waals surface area contributed by atoms with Crippen molar-refractivity contribution >= 4 is 26.6 Å². The highest BCUT2D eigenvalue weighted by molar-refractivity contribution is 6.41. The van der Waals surface area contributed by atoms with E-state index in [9.17, 15) is 0 Å². The molecule has 0 fully saturated rings. The van der Waals surface area contributed by atoms with Crippen LogP contribution in [0.5, 0.6) is 0 Å². The van der Waals surface area contributed by atoms with E-state index in [0.29, 0.717) is 0 Å². The zero-order valence-electron chi connectivity index (χ0n) is 6.63. The molecule has 1 heterocycles. The second kappa shape index (κ2) is 2.98. The van der Waals surface area contributed by atoms with Crippen LogP contribution in [0.2, 0.25) is 0 Å². The lowest BCUT2D eigenvalue weighted by Gasteiger charge is -2.11. The van der Waals surface area contributed by atoms with Crippen molar-refractivity contribution < 1.29 is 0 Å². The van der Waals surface area contributed by atoms with Gasteiger partial charge in [0.25, 0.3) is 0 Å². The molecule has 0 aliphatic carbocycles. The van der Waals surface area contributed by atoms with Gasteiger partial charge in [0, 0.05) is 6.20 Å². The summed E-state index contributed by atoms with van der Waals surface area (Å²) in [6.45, 7) is 2.06. The summed E-state index contributed by atoms with van der Waals surface area (Å²) in [6, 6.07) is 4.18. The Morgan fingerprint density at radius 2 is 2.10 bits per heavy atom. The van der Waals surface area contributed by atoms with Crippen LogP contribution in [0, 0.1) is 6.92 Å². The van der Waals surface area contributed by atoms with Crippen LogP contribution < -0.4 is 4.23 Å². The molecule has 0 N–H and O–H groups in total. The first-order valence-electron chi connectivity index (χ1n) is 3.30. The fraction of sp³-hybridized carbons (Fsp3) is 0.167. The first kappa shape index (κ1) is 7.49. The maximum absolute atomic E-state index is 4.27. The second-order valence-electron chi connectivity index (χ2n) is 2.59. The van der Waals surface area contributed by atoms with Gasteiger partial charge in [-0.25, -0.2) is 4.98 Å². The van der Waals surface area contributed by atoms with Gasteiger partial charge in [-0.15, -0.1) is 0 Å². The highest BCUT2D eigenvalue weighted by Crippen LogP contribution is 2.04. The number of rotatable bonds is 1. The third kappa shape index (κ3) is 1.68. The number of nitrogens with zero attached hydrogens (tertiary/aromatic N) is 2. The third-order valence-corrected chi connectivity index (χ3v) is 2.27. The zero-order valence-corrected chi connectivity index (χ0v) is 10.6. The summed E-state index contributed by atoms with van der Waals surface area (Å²) in [6.07, 6.45) is 1.91. The van der Waals surface area contributed by atoms with E-state index in [0.717, 1.165) is 26.6 Å². The topological polar surface area (TPSA) is 16.1 Å². The molecule has 1 aromatic rings. The Morgan fingerprint density at radius 3 is 2.50 bits per heavy atom. The Labute approximate surface area is 67.3 Å². The van der Waals surface area contributed by atoms with Crippen molar-refractivity contribution in [3.8, 4) is 0 Å². The Bertz CT molecular complexity index is 207. The van der Waals surface area contributed by atoms with E-state index in [1.807, 2.05) is 6.20 Å². The molecule has 0 atom stereocenters. The molecule has 0 spiro atoms. The first-order valence-corrected chi connectivity index (χ1v) is 5.09. The summed E-state index contributed by atoms with van der Waals surface area (Å²) in [5.74, 6) is 1.13. The zero-order chi connectivity index (χ0) is 7.56. The fourth-order valence-electron chi connectivity index (χ4n) is 0.725. The predicted molar refractivity (Wildman–Crippen MR) is 51.3 cm³/mol. The van der Waals surface area contributed by atoms with E-state index in [2.05, 4.69) is 28.3 Å². The van der Waals surface area contributed by atoms with Gasteiger partial charge in [-0.1, -0.05) is 6.07 Å². The van der Waals surface area contributed by atoms with Crippen LogP contribution in [0.25, 0.3) is 0 Å². The molecular weight excluding hydrogens is 156 g/mol. The largest absolute Gasteiger partial charge is 0.425 e. The lowest BCUT2D eigenvalue weighted by atomic mass is 10.3. The van der Waals surface area contributed by atoms with Gasteiger partial charge in [0.2, 0.25) is 0 Å². The number of aromatic nitrogens is 1. The summed E-state index contributed by atoms with van der Waals surface area (Å²) in [5.41, 5.74) is 1.23. The normalized spacial score (nSPS) is 10.1. The molecule has 0 saturated heterocycles. The van der Waals surface area contributed by atoms with Crippen molar-refractivity contribution in [3.05, 3.63) is 23.9 Å². The van der Waals surface area contributed by atoms with Gasteiger partial charge in [-0.2, -0.15) is 0 Å². The van der Waals surface area contributed by atoms with E-state index >= 15 is 0 Å². The van der Waals surface area contributed by atoms with Crippen molar-refractivity contribution in [2.24, 2.45) is 0 Å². The van der Waals surface area contributed by atoms with Crippen LogP contribution in [0.3, 0.4) is 0 Å². The summed E-state index contributed by atoms with van der Waals surface area (Å²) in [4.78, 5) is 4.27. The molecule has 10 heavy (non-hydrogen) atoms. The van der Waals surface area contributed by atoms with Crippen molar-refractivity contribution in [2.45, 2.75) is 6.92 Å². The summed E-state index contributed by atoms with van der Waals surface area (Å²) in [5, 5.41) is 0. The van der Waals surface area contributed by atoms with Crippen molar-refractivity contribution in [3.63, 3.8) is 0 Å². The summed E-state index contributed by atoms with van der Waals surface area (Å²) < 4.78 is 2.26. The maximum atomic E-state index is 4.27. The Kier molecular flexibility index (Phi) is 2.23. The summed E-state index contributed by atoms with van der Waals surface area (Å²) in [7, 11) is 2.17. The van der Waals surface area contributed by atoms with Gasteiger partial charge in [0.1, 0.15) is 5.82 Å². The van der Waals surface area contributed by atoms with E-state index < -0.39 is 0 Å². The standard InChI is InChI=1S/C6H12N2Si2/c1-5-2-3-6(7-4-5)8(9)10/h2-4H,1,9-10H3. The molecule has 4 heteroatoms. The molecule has 0 amide bonds. The number of anilines is 1. The van der Waals surface area contributed by atoms with Gasteiger partial charge in [-0.05, 0) is 18.6 Å². The number of hydrogen-bond acceptors (Lipinski definition) is 2. The van der Waals surface area contributed by atoms with Gasteiger partial charge in [-0.3, -0.25) is 0 Å². The van der Waals surface area contributed by atoms with Crippen LogP contribution in [0.4, 0.5) is 5.82 Å². The van der Waals surface area contributed by atoms with E-state index in [1.165, 1.54) is 5.56 Å². The van der Waals surface area contributed by atoms with Gasteiger partial charge in [0.05, 0.1) is 20.8 Å². The highest BCUT2D eigenvalue weighted by Gasteiger charge is 1.91. The lowest BCUT2D eigenvalue weighted by Crippen LogP contribution is -2.14. The second-order valence-corrected chi connectivity index (χ2v) is 7.06. The molecule has 1 aromatic heterocycles. The average Bonchev–Trinajstić information content (AvgIpc) is 1.88. The van der Waals surface area contributed by atoms with Crippen molar-refractivity contribution in [1.82, 2.24) is 4.98 Å². The minimum absolute atomic E-state index is 1.09. The molecule has 0 radical (unpaired) electrons. The van der Waals surface area contributed by atoms with Crippen LogP contribution in [0.15, 0.2) is 18.3 Å². The van der Waals surface area contributed by atoms with Crippen LogP contribution in [-0.2, 0) is 0 Å². The van der Waals surface area contributed by atoms with Crippen LogP contribution in [0.1, 0.15) is 5.56 Å². The molecule has 2 nitrogen and oxygen atoms in total. The van der Waals surface area contributed by atoms with Crippen LogP contribution >= 0.6 is 0 Å². The number of hydrogen-bond donors (Lipinski definition) is 0. The monoisotopic (exact) mass is 168 g/mol. The Morgan fingerprint density at radius 1 is 1.40 bits per heavy atom. The smallest absolute Gasteiger partial charge is 0.111 e. The Hall–Kier alpha value is -0.616. The SMILES string of the molecule is Cc1ccc(N([SiH3])[SiH3])nc1. The molecule has 0 unspecified atom stereocenters. The van der Waals surface area contributed by atoms with Gasteiger partial charge >= 0.3 is 0 Å². The van der Waals surface area contributed by atoms with Crippen molar-refractivity contribution in [1.29, 1.82) is 0 Å². The molecule has 0 saturated carbocycles. The minimum Gasteiger partial charge on any atom is -0.425 e. The predicted octanol–water partition coefficient (Wildman–Crippen LogP) is -1.24. The molecule has 54 valence electrons. The highest BCUT2D eigenvalue weighted by atomic mass is 28.2. The molecule has 0 aromatic carbocycles. The third-order valence-electron chi connectivity index (χ3n) is 1.35. The molecule has 1 rings (SSSR count). The Balaban J connectivity index is 2.89. The van der Waals surface area contributed by atoms with E-state index in [-0.39, 0.29) is 0 Å². The summed E-state index contributed by atoms with van der Waals surface area (Å²) >= 11 is 0. The number of pyridine rings is 1. The lowest BCUT2D eigenvalue weighted by molar-refractivity contribution is 1.25. The van der Waals surface area contributed by atoms with Crippen LogP contribution in [-0.4, -0.2) is 25.8 Å². The maximum Gasteiger partial charge on any atom is 0.111 e. The minimum atomic E-state index is 1.09. The molecule has 0 aliphatic rings. The van der Waals surface area contributed by atoms with Gasteiger partial charge in [0.15, 0.2) is 0 Å². The van der Waals surface area contributed by atoms with E-state index in [4.69, 9.17) is 0 Å².